The van der Waals surface area contributed by atoms with Crippen LogP contribution in [-0.4, -0.2) is 13.2 Å². The van der Waals surface area contributed by atoms with Crippen LogP contribution in [0.5, 0.6) is 0 Å². The molecule has 0 aromatic heterocycles. The minimum Gasteiger partial charge on any atom is -0.380 e. The number of hydrogen-bond acceptors (Lipinski definition) is 2. The van der Waals surface area contributed by atoms with Gasteiger partial charge >= 0.3 is 0 Å². The lowest BCUT2D eigenvalue weighted by molar-refractivity contribution is 0.184. The first-order valence-electron chi connectivity index (χ1n) is 5.05. The molecule has 0 heterocycles. The van der Waals surface area contributed by atoms with E-state index in [9.17, 15) is 0 Å². The van der Waals surface area contributed by atoms with Crippen LogP contribution in [0.25, 0.3) is 0 Å². The molecule has 0 saturated heterocycles. The van der Waals surface area contributed by atoms with Gasteiger partial charge in [0.25, 0.3) is 0 Å². The van der Waals surface area contributed by atoms with Crippen molar-refractivity contribution in [3.8, 4) is 0 Å². The summed E-state index contributed by atoms with van der Waals surface area (Å²) in [5.74, 6) is 0. The van der Waals surface area contributed by atoms with Crippen LogP contribution in [0.2, 0.25) is 0 Å². The van der Waals surface area contributed by atoms with E-state index in [0.29, 0.717) is 6.61 Å². The Kier molecular flexibility index (Phi) is 4.63. The standard InChI is InChI=1S/C12H19NO/c1-10(13)7-8-11-5-3-4-6-12(11)9-14-2/h3-6,10H,7-9,13H2,1-2H3. The second-order valence-corrected chi connectivity index (χ2v) is 3.72. The van der Waals surface area contributed by atoms with Gasteiger partial charge in [-0.05, 0) is 30.9 Å². The average molecular weight is 193 g/mol. The van der Waals surface area contributed by atoms with E-state index in [0.717, 1.165) is 12.8 Å². The van der Waals surface area contributed by atoms with Crippen LogP contribution in [0.3, 0.4) is 0 Å². The van der Waals surface area contributed by atoms with Crippen molar-refractivity contribution >= 4 is 0 Å². The molecule has 14 heavy (non-hydrogen) atoms. The Hall–Kier alpha value is -0.860. The summed E-state index contributed by atoms with van der Waals surface area (Å²) in [7, 11) is 1.72. The van der Waals surface area contributed by atoms with E-state index >= 15 is 0 Å². The van der Waals surface area contributed by atoms with E-state index < -0.39 is 0 Å². The molecule has 0 aliphatic heterocycles. The number of aryl methyl sites for hydroxylation is 1. The predicted octanol–water partition coefficient (Wildman–Crippen LogP) is 2.11. The number of methoxy groups -OCH3 is 1. The molecule has 2 heteroatoms. The summed E-state index contributed by atoms with van der Waals surface area (Å²) in [6.07, 6.45) is 2.07. The topological polar surface area (TPSA) is 35.2 Å². The fraction of sp³-hybridized carbons (Fsp3) is 0.500. The van der Waals surface area contributed by atoms with E-state index in [1.165, 1.54) is 11.1 Å². The zero-order chi connectivity index (χ0) is 10.4. The lowest BCUT2D eigenvalue weighted by Gasteiger charge is -2.09. The Balaban J connectivity index is 2.64. The third-order valence-electron chi connectivity index (χ3n) is 2.29. The van der Waals surface area contributed by atoms with Crippen molar-refractivity contribution < 1.29 is 4.74 Å². The van der Waals surface area contributed by atoms with Gasteiger partial charge in [0.05, 0.1) is 6.61 Å². The minimum absolute atomic E-state index is 0.269. The molecule has 0 radical (unpaired) electrons. The van der Waals surface area contributed by atoms with E-state index in [2.05, 4.69) is 18.2 Å². The molecule has 1 unspecified atom stereocenters. The lowest BCUT2D eigenvalue weighted by Crippen LogP contribution is -2.15. The van der Waals surface area contributed by atoms with E-state index in [-0.39, 0.29) is 6.04 Å². The molecule has 1 rings (SSSR count). The zero-order valence-corrected chi connectivity index (χ0v) is 8.99. The van der Waals surface area contributed by atoms with Crippen molar-refractivity contribution in [3.05, 3.63) is 35.4 Å². The Morgan fingerprint density at radius 1 is 1.29 bits per heavy atom. The van der Waals surface area contributed by atoms with Crippen molar-refractivity contribution in [2.45, 2.75) is 32.4 Å². The normalized spacial score (nSPS) is 12.8. The Labute approximate surface area is 86.1 Å². The van der Waals surface area contributed by atoms with Gasteiger partial charge in [0, 0.05) is 13.2 Å². The van der Waals surface area contributed by atoms with Crippen LogP contribution < -0.4 is 5.73 Å². The molecule has 0 amide bonds. The first-order chi connectivity index (χ1) is 6.74. The van der Waals surface area contributed by atoms with Crippen LogP contribution in [0.15, 0.2) is 24.3 Å². The Morgan fingerprint density at radius 3 is 2.50 bits per heavy atom. The molecule has 1 atom stereocenters. The molecular formula is C12H19NO. The molecule has 0 saturated carbocycles. The van der Waals surface area contributed by atoms with E-state index in [1.54, 1.807) is 7.11 Å². The summed E-state index contributed by atoms with van der Waals surface area (Å²) in [5.41, 5.74) is 8.36. The SMILES string of the molecule is COCc1ccccc1CCC(C)N. The fourth-order valence-corrected chi connectivity index (χ4v) is 1.48. The number of rotatable bonds is 5. The first-order valence-corrected chi connectivity index (χ1v) is 5.05. The van der Waals surface area contributed by atoms with Crippen molar-refractivity contribution in [1.82, 2.24) is 0 Å². The molecular weight excluding hydrogens is 174 g/mol. The van der Waals surface area contributed by atoms with Crippen LogP contribution in [0.1, 0.15) is 24.5 Å². The second-order valence-electron chi connectivity index (χ2n) is 3.72. The first kappa shape index (κ1) is 11.2. The van der Waals surface area contributed by atoms with Crippen molar-refractivity contribution in [3.63, 3.8) is 0 Å². The van der Waals surface area contributed by atoms with Gasteiger partial charge < -0.3 is 10.5 Å². The largest absolute Gasteiger partial charge is 0.380 e. The van der Waals surface area contributed by atoms with Gasteiger partial charge in [-0.15, -0.1) is 0 Å². The molecule has 0 spiro atoms. The van der Waals surface area contributed by atoms with Crippen molar-refractivity contribution in [1.29, 1.82) is 0 Å². The number of ether oxygens (including phenoxy) is 1. The molecule has 2 nitrogen and oxygen atoms in total. The quantitative estimate of drug-likeness (QED) is 0.777. The smallest absolute Gasteiger partial charge is 0.0715 e. The summed E-state index contributed by atoms with van der Waals surface area (Å²) >= 11 is 0. The van der Waals surface area contributed by atoms with Crippen molar-refractivity contribution in [2.24, 2.45) is 5.73 Å². The summed E-state index contributed by atoms with van der Waals surface area (Å²) in [5, 5.41) is 0. The lowest BCUT2D eigenvalue weighted by atomic mass is 10.0. The molecule has 2 N–H and O–H groups in total. The molecule has 1 aromatic carbocycles. The van der Waals surface area contributed by atoms with E-state index in [1.807, 2.05) is 13.0 Å². The molecule has 1 aromatic rings. The molecule has 0 fully saturated rings. The van der Waals surface area contributed by atoms with Crippen LogP contribution in [0.4, 0.5) is 0 Å². The molecule has 0 aliphatic rings. The molecule has 0 aliphatic carbocycles. The minimum atomic E-state index is 0.269. The van der Waals surface area contributed by atoms with Crippen LogP contribution in [-0.2, 0) is 17.8 Å². The number of nitrogens with two attached hydrogens (primary N) is 1. The highest BCUT2D eigenvalue weighted by Gasteiger charge is 2.02. The van der Waals surface area contributed by atoms with Crippen molar-refractivity contribution in [2.75, 3.05) is 7.11 Å². The summed E-state index contributed by atoms with van der Waals surface area (Å²) in [6.45, 7) is 2.73. The highest BCUT2D eigenvalue weighted by molar-refractivity contribution is 5.26. The Bertz CT molecular complexity index is 271. The second kappa shape index (κ2) is 5.78. The van der Waals surface area contributed by atoms with Gasteiger partial charge in [0.1, 0.15) is 0 Å². The van der Waals surface area contributed by atoms with Crippen LogP contribution >= 0.6 is 0 Å². The summed E-state index contributed by atoms with van der Waals surface area (Å²) in [6, 6.07) is 8.64. The van der Waals surface area contributed by atoms with Crippen LogP contribution in [0, 0.1) is 0 Å². The molecule has 0 bridgehead atoms. The van der Waals surface area contributed by atoms with Gasteiger partial charge in [-0.1, -0.05) is 24.3 Å². The van der Waals surface area contributed by atoms with Gasteiger partial charge in [0.2, 0.25) is 0 Å². The third kappa shape index (κ3) is 3.48. The average Bonchev–Trinajstić information content (AvgIpc) is 2.17. The molecule has 78 valence electrons. The highest BCUT2D eigenvalue weighted by atomic mass is 16.5. The van der Waals surface area contributed by atoms with Gasteiger partial charge in [-0.2, -0.15) is 0 Å². The van der Waals surface area contributed by atoms with Gasteiger partial charge in [-0.25, -0.2) is 0 Å². The number of hydrogen-bond donors (Lipinski definition) is 1. The maximum atomic E-state index is 5.73. The number of benzene rings is 1. The third-order valence-corrected chi connectivity index (χ3v) is 2.29. The summed E-state index contributed by atoms with van der Waals surface area (Å²) < 4.78 is 5.14. The zero-order valence-electron chi connectivity index (χ0n) is 8.99. The van der Waals surface area contributed by atoms with E-state index in [4.69, 9.17) is 10.5 Å². The monoisotopic (exact) mass is 193 g/mol. The maximum absolute atomic E-state index is 5.73. The van der Waals surface area contributed by atoms with Gasteiger partial charge in [0.15, 0.2) is 0 Å². The highest BCUT2D eigenvalue weighted by Crippen LogP contribution is 2.12. The summed E-state index contributed by atoms with van der Waals surface area (Å²) in [4.78, 5) is 0. The Morgan fingerprint density at radius 2 is 1.93 bits per heavy atom. The maximum Gasteiger partial charge on any atom is 0.0715 e. The fourth-order valence-electron chi connectivity index (χ4n) is 1.48. The van der Waals surface area contributed by atoms with Gasteiger partial charge in [-0.3, -0.25) is 0 Å². The predicted molar refractivity (Wildman–Crippen MR) is 59.1 cm³/mol.